The summed E-state index contributed by atoms with van der Waals surface area (Å²) in [5, 5.41) is 9.41. The van der Waals surface area contributed by atoms with Crippen molar-refractivity contribution in [1.29, 1.82) is 0 Å². The minimum atomic E-state index is -0.410. The Morgan fingerprint density at radius 3 is 2.92 bits per heavy atom. The first-order chi connectivity index (χ1) is 12.2. The summed E-state index contributed by atoms with van der Waals surface area (Å²) in [5.74, 6) is 1.21. The first-order valence-electron chi connectivity index (χ1n) is 9.62. The molecule has 1 heterocycles. The van der Waals surface area contributed by atoms with Crippen molar-refractivity contribution in [3.8, 4) is 0 Å². The average molecular weight is 341 g/mol. The molecule has 0 spiro atoms. The maximum absolute atomic E-state index is 12.6. The Morgan fingerprint density at radius 2 is 2.08 bits per heavy atom. The van der Waals surface area contributed by atoms with Crippen LogP contribution >= 0.6 is 0 Å². The lowest BCUT2D eigenvalue weighted by molar-refractivity contribution is -0.122. The van der Waals surface area contributed by atoms with Crippen LogP contribution in [0.2, 0.25) is 0 Å². The van der Waals surface area contributed by atoms with E-state index in [2.05, 4.69) is 22.0 Å². The molecule has 3 N–H and O–H groups in total. The maximum atomic E-state index is 12.6. The van der Waals surface area contributed by atoms with E-state index in [-0.39, 0.29) is 11.8 Å². The summed E-state index contributed by atoms with van der Waals surface area (Å²) in [6.45, 7) is 1.84. The summed E-state index contributed by atoms with van der Waals surface area (Å²) in [7, 11) is 0. The zero-order chi connectivity index (χ0) is 17.2. The molecule has 134 valence electrons. The number of benzene rings is 1. The number of rotatable bonds is 6. The molecule has 5 heteroatoms. The van der Waals surface area contributed by atoms with Crippen LogP contribution in [0.15, 0.2) is 24.3 Å². The van der Waals surface area contributed by atoms with Crippen LogP contribution in [0.4, 0.5) is 0 Å². The molecule has 1 aromatic carbocycles. The third-order valence-electron chi connectivity index (χ3n) is 5.57. The fourth-order valence-electron chi connectivity index (χ4n) is 3.66. The minimum absolute atomic E-state index is 0.0615. The van der Waals surface area contributed by atoms with Crippen molar-refractivity contribution in [2.45, 2.75) is 56.5 Å². The molecule has 3 atom stereocenters. The molecule has 2 aliphatic carbocycles. The van der Waals surface area contributed by atoms with Crippen LogP contribution in [0.5, 0.6) is 0 Å². The van der Waals surface area contributed by atoms with Crippen LogP contribution in [-0.4, -0.2) is 37.0 Å². The van der Waals surface area contributed by atoms with E-state index in [0.717, 1.165) is 31.7 Å². The quantitative estimate of drug-likeness (QED) is 0.741. The molecular weight excluding hydrogens is 314 g/mol. The summed E-state index contributed by atoms with van der Waals surface area (Å²) in [4.78, 5) is 24.6. The molecule has 5 nitrogen and oxygen atoms in total. The molecule has 0 radical (unpaired) electrons. The second-order valence-corrected chi connectivity index (χ2v) is 7.74. The van der Waals surface area contributed by atoms with E-state index < -0.39 is 6.04 Å². The molecule has 1 aromatic rings. The van der Waals surface area contributed by atoms with Gasteiger partial charge < -0.3 is 16.0 Å². The maximum Gasteiger partial charge on any atom is 0.251 e. The van der Waals surface area contributed by atoms with Crippen molar-refractivity contribution in [1.82, 2.24) is 16.0 Å². The largest absolute Gasteiger partial charge is 0.354 e. The number of amides is 2. The summed E-state index contributed by atoms with van der Waals surface area (Å²) in [5.41, 5.74) is 1.88. The molecule has 2 saturated carbocycles. The highest BCUT2D eigenvalue weighted by atomic mass is 16.2. The highest BCUT2D eigenvalue weighted by Gasteiger charge is 2.39. The molecular formula is C20H27N3O2. The molecule has 1 saturated heterocycles. The van der Waals surface area contributed by atoms with Crippen LogP contribution in [0, 0.1) is 5.92 Å². The molecule has 3 fully saturated rings. The van der Waals surface area contributed by atoms with Crippen LogP contribution in [0.1, 0.15) is 60.4 Å². The lowest BCUT2D eigenvalue weighted by Crippen LogP contribution is -2.45. The van der Waals surface area contributed by atoms with E-state index in [9.17, 15) is 9.59 Å². The average Bonchev–Trinajstić information content (AvgIpc) is 3.50. The molecule has 0 bridgehead atoms. The van der Waals surface area contributed by atoms with Gasteiger partial charge in [0.05, 0.1) is 0 Å². The van der Waals surface area contributed by atoms with Gasteiger partial charge in [-0.1, -0.05) is 12.1 Å². The van der Waals surface area contributed by atoms with Crippen molar-refractivity contribution in [2.24, 2.45) is 5.92 Å². The van der Waals surface area contributed by atoms with Crippen LogP contribution in [-0.2, 0) is 4.79 Å². The molecule has 4 rings (SSSR count). The van der Waals surface area contributed by atoms with Crippen LogP contribution in [0.3, 0.4) is 0 Å². The summed E-state index contributed by atoms with van der Waals surface area (Å²) in [6, 6.07) is 8.04. The second-order valence-electron chi connectivity index (χ2n) is 7.74. The van der Waals surface area contributed by atoms with Crippen LogP contribution < -0.4 is 16.0 Å². The van der Waals surface area contributed by atoms with Gasteiger partial charge in [0, 0.05) is 24.1 Å². The van der Waals surface area contributed by atoms with Gasteiger partial charge in [-0.2, -0.15) is 0 Å². The highest BCUT2D eigenvalue weighted by molar-refractivity contribution is 5.97. The van der Waals surface area contributed by atoms with E-state index in [0.29, 0.717) is 30.5 Å². The normalized spacial score (nSPS) is 28.8. The van der Waals surface area contributed by atoms with Gasteiger partial charge in [0.25, 0.3) is 5.91 Å². The fourth-order valence-corrected chi connectivity index (χ4v) is 3.66. The molecule has 0 aromatic heterocycles. The smallest absolute Gasteiger partial charge is 0.251 e. The Kier molecular flexibility index (Phi) is 4.75. The van der Waals surface area contributed by atoms with Crippen molar-refractivity contribution in [3.05, 3.63) is 35.4 Å². The Morgan fingerprint density at radius 1 is 1.20 bits per heavy atom. The molecule has 1 aliphatic heterocycles. The first kappa shape index (κ1) is 16.6. The first-order valence-corrected chi connectivity index (χ1v) is 9.62. The number of nitrogens with one attached hydrogen (secondary N) is 3. The summed E-state index contributed by atoms with van der Waals surface area (Å²) < 4.78 is 0. The van der Waals surface area contributed by atoms with Gasteiger partial charge in [0.2, 0.25) is 5.91 Å². The van der Waals surface area contributed by atoms with Crippen molar-refractivity contribution in [2.75, 3.05) is 13.1 Å². The lowest BCUT2D eigenvalue weighted by Gasteiger charge is -2.15. The molecule has 3 aliphatic rings. The topological polar surface area (TPSA) is 70.2 Å². The fraction of sp³-hybridized carbons (Fsp3) is 0.600. The Hall–Kier alpha value is -1.88. The number of hydrogen-bond acceptors (Lipinski definition) is 3. The lowest BCUT2D eigenvalue weighted by atomic mass is 10.1. The van der Waals surface area contributed by atoms with E-state index in [1.54, 1.807) is 0 Å². The highest BCUT2D eigenvalue weighted by Crippen LogP contribution is 2.41. The van der Waals surface area contributed by atoms with E-state index >= 15 is 0 Å². The number of carbonyl (C=O) groups is 2. The van der Waals surface area contributed by atoms with Gasteiger partial charge in [-0.3, -0.25) is 9.59 Å². The van der Waals surface area contributed by atoms with Crippen molar-refractivity contribution < 1.29 is 9.59 Å². The van der Waals surface area contributed by atoms with Gasteiger partial charge in [-0.15, -0.1) is 0 Å². The predicted molar refractivity (Wildman–Crippen MR) is 96.4 cm³/mol. The monoisotopic (exact) mass is 341 g/mol. The van der Waals surface area contributed by atoms with Gasteiger partial charge in [0.1, 0.15) is 6.04 Å². The Balaban J connectivity index is 1.35. The third kappa shape index (κ3) is 4.21. The Labute approximate surface area is 148 Å². The van der Waals surface area contributed by atoms with Gasteiger partial charge in [-0.25, -0.2) is 0 Å². The van der Waals surface area contributed by atoms with E-state index in [1.165, 1.54) is 18.4 Å². The minimum Gasteiger partial charge on any atom is -0.354 e. The SMILES string of the molecule is O=C(NC1CCCCNC1=O)c1cccc([C@@H]2C[C@H]2NCC2CC2)c1. The standard InChI is InChI=1S/C20H27N3O2/c24-19(23-17-6-1-2-9-21-20(17)25)15-5-3-4-14(10-15)16-11-18(16)22-12-13-7-8-13/h3-5,10,13,16-18,22H,1-2,6-9,11-12H2,(H,21,25)(H,23,24)/t16-,17?,18+/m0/s1. The van der Waals surface area contributed by atoms with Gasteiger partial charge in [0.15, 0.2) is 0 Å². The zero-order valence-corrected chi connectivity index (χ0v) is 14.6. The van der Waals surface area contributed by atoms with Crippen LogP contribution in [0.25, 0.3) is 0 Å². The molecule has 25 heavy (non-hydrogen) atoms. The molecule has 1 unspecified atom stereocenters. The number of hydrogen-bond donors (Lipinski definition) is 3. The Bertz CT molecular complexity index is 656. The predicted octanol–water partition coefficient (Wildman–Crippen LogP) is 1.94. The van der Waals surface area contributed by atoms with Crippen molar-refractivity contribution >= 4 is 11.8 Å². The molecule has 2 amide bonds. The van der Waals surface area contributed by atoms with E-state index in [1.807, 2.05) is 18.2 Å². The zero-order valence-electron chi connectivity index (χ0n) is 14.6. The van der Waals surface area contributed by atoms with Gasteiger partial charge in [-0.05, 0) is 68.7 Å². The third-order valence-corrected chi connectivity index (χ3v) is 5.57. The number of carbonyl (C=O) groups excluding carboxylic acids is 2. The summed E-state index contributed by atoms with van der Waals surface area (Å²) in [6.07, 6.45) is 6.55. The van der Waals surface area contributed by atoms with Crippen molar-refractivity contribution in [3.63, 3.8) is 0 Å². The van der Waals surface area contributed by atoms with E-state index in [4.69, 9.17) is 0 Å². The second kappa shape index (κ2) is 7.16. The van der Waals surface area contributed by atoms with Gasteiger partial charge >= 0.3 is 0 Å². The summed E-state index contributed by atoms with van der Waals surface area (Å²) >= 11 is 0.